The molecule has 1 atom stereocenters. The van der Waals surface area contributed by atoms with Gasteiger partial charge in [-0.05, 0) is 86.1 Å². The molecule has 1 unspecified atom stereocenters. The predicted molar refractivity (Wildman–Crippen MR) is 142 cm³/mol. The number of nitrogens with zero attached hydrogens (tertiary/aromatic N) is 2. The molecule has 2 aromatic rings. The highest BCUT2D eigenvalue weighted by molar-refractivity contribution is 7.82. The summed E-state index contributed by atoms with van der Waals surface area (Å²) in [6.07, 6.45) is 4.66. The molecule has 2 aliphatic rings. The van der Waals surface area contributed by atoms with Gasteiger partial charge in [0.1, 0.15) is 16.7 Å². The number of benzene rings is 2. The van der Waals surface area contributed by atoms with Gasteiger partial charge in [-0.2, -0.15) is 0 Å². The fourth-order valence-electron chi connectivity index (χ4n) is 4.79. The molecule has 8 nitrogen and oxygen atoms in total. The number of aryl methyl sites for hydroxylation is 2. The lowest BCUT2D eigenvalue weighted by Gasteiger charge is -2.19. The molecule has 1 aliphatic carbocycles. The molecule has 2 amide bonds. The molecule has 1 aliphatic heterocycles. The number of hydrogen-bond donors (Lipinski definition) is 2. The summed E-state index contributed by atoms with van der Waals surface area (Å²) in [5, 5.41) is 5.52. The Morgan fingerprint density at radius 2 is 1.72 bits per heavy atom. The second-order valence-electron chi connectivity index (χ2n) is 9.70. The quantitative estimate of drug-likeness (QED) is 0.539. The van der Waals surface area contributed by atoms with Gasteiger partial charge >= 0.3 is 0 Å². The molecular formula is C27H36N4O4S. The van der Waals surface area contributed by atoms with Gasteiger partial charge in [-0.3, -0.25) is 14.5 Å². The fourth-order valence-corrected chi connectivity index (χ4v) is 6.00. The molecule has 0 bridgehead atoms. The standard InChI is InChI=1S/C27H36N4O4S/c1-18-13-24(35-4)14-19(2)27(18)36(34)30(3)17-26(33)28-16-25(32)29-22-6-5-20-9-11-31(23-7-8-23)12-10-21(20)15-22/h5-6,13-15,23H,7-12,16-17H2,1-4H3,(H,28,33)(H,29,32). The van der Waals surface area contributed by atoms with E-state index in [9.17, 15) is 13.8 Å². The summed E-state index contributed by atoms with van der Waals surface area (Å²) in [7, 11) is 1.69. The normalized spacial score (nSPS) is 16.7. The molecule has 0 aromatic heterocycles. The Labute approximate surface area is 216 Å². The van der Waals surface area contributed by atoms with Crippen LogP contribution in [-0.4, -0.2) is 71.6 Å². The molecule has 194 valence electrons. The van der Waals surface area contributed by atoms with Crippen molar-refractivity contribution in [3.8, 4) is 5.75 Å². The highest BCUT2D eigenvalue weighted by Gasteiger charge is 2.29. The fraction of sp³-hybridized carbons (Fsp3) is 0.481. The number of methoxy groups -OCH3 is 1. The zero-order chi connectivity index (χ0) is 25.8. The number of carbonyl (C=O) groups excluding carboxylic acids is 2. The van der Waals surface area contributed by atoms with Gasteiger partial charge in [-0.1, -0.05) is 6.07 Å². The van der Waals surface area contributed by atoms with Gasteiger partial charge in [0.05, 0.1) is 25.1 Å². The number of hydrogen-bond acceptors (Lipinski definition) is 5. The summed E-state index contributed by atoms with van der Waals surface area (Å²) < 4.78 is 19.8. The summed E-state index contributed by atoms with van der Waals surface area (Å²) >= 11 is 0. The van der Waals surface area contributed by atoms with E-state index in [1.54, 1.807) is 14.2 Å². The van der Waals surface area contributed by atoms with E-state index in [0.717, 1.165) is 48.8 Å². The summed E-state index contributed by atoms with van der Waals surface area (Å²) in [4.78, 5) is 28.2. The van der Waals surface area contributed by atoms with Crippen LogP contribution in [0.15, 0.2) is 35.2 Å². The minimum Gasteiger partial charge on any atom is -0.497 e. The van der Waals surface area contributed by atoms with Crippen molar-refractivity contribution < 1.29 is 18.5 Å². The van der Waals surface area contributed by atoms with Crippen molar-refractivity contribution in [2.45, 2.75) is 50.5 Å². The van der Waals surface area contributed by atoms with E-state index in [-0.39, 0.29) is 24.9 Å². The van der Waals surface area contributed by atoms with E-state index in [2.05, 4.69) is 27.7 Å². The van der Waals surface area contributed by atoms with Crippen molar-refractivity contribution in [1.29, 1.82) is 0 Å². The maximum absolute atomic E-state index is 13.0. The van der Waals surface area contributed by atoms with Gasteiger partial charge in [0.25, 0.3) is 0 Å². The van der Waals surface area contributed by atoms with Gasteiger partial charge in [-0.25, -0.2) is 8.51 Å². The summed E-state index contributed by atoms with van der Waals surface area (Å²) in [6.45, 7) is 5.66. The summed E-state index contributed by atoms with van der Waals surface area (Å²) in [5.41, 5.74) is 5.04. The minimum atomic E-state index is -1.52. The molecule has 4 rings (SSSR count). The number of ether oxygens (including phenoxy) is 1. The van der Waals surface area contributed by atoms with E-state index in [4.69, 9.17) is 4.74 Å². The molecule has 2 aromatic carbocycles. The molecule has 0 radical (unpaired) electrons. The van der Waals surface area contributed by atoms with E-state index in [1.165, 1.54) is 28.3 Å². The van der Waals surface area contributed by atoms with Gasteiger partial charge in [0, 0.05) is 31.9 Å². The summed E-state index contributed by atoms with van der Waals surface area (Å²) in [6, 6.07) is 10.5. The first-order valence-corrected chi connectivity index (χ1v) is 13.6. The van der Waals surface area contributed by atoms with Crippen LogP contribution in [-0.2, 0) is 33.4 Å². The Hall–Kier alpha value is -2.75. The van der Waals surface area contributed by atoms with Crippen molar-refractivity contribution in [2.24, 2.45) is 0 Å². The van der Waals surface area contributed by atoms with E-state index in [0.29, 0.717) is 10.6 Å². The monoisotopic (exact) mass is 512 g/mol. The molecule has 2 N–H and O–H groups in total. The van der Waals surface area contributed by atoms with E-state index >= 15 is 0 Å². The number of amides is 2. The molecule has 36 heavy (non-hydrogen) atoms. The third-order valence-corrected chi connectivity index (χ3v) is 8.52. The Morgan fingerprint density at radius 1 is 1.06 bits per heavy atom. The second-order valence-corrected chi connectivity index (χ2v) is 11.2. The third-order valence-electron chi connectivity index (χ3n) is 6.83. The zero-order valence-corrected chi connectivity index (χ0v) is 22.4. The van der Waals surface area contributed by atoms with Gasteiger partial charge in [-0.15, -0.1) is 0 Å². The van der Waals surface area contributed by atoms with Crippen LogP contribution in [0.5, 0.6) is 5.75 Å². The molecule has 0 spiro atoms. The maximum Gasteiger partial charge on any atom is 0.243 e. The van der Waals surface area contributed by atoms with Gasteiger partial charge < -0.3 is 15.4 Å². The number of rotatable bonds is 9. The maximum atomic E-state index is 13.0. The van der Waals surface area contributed by atoms with Crippen molar-refractivity contribution in [3.05, 3.63) is 52.6 Å². The minimum absolute atomic E-state index is 0.0961. The van der Waals surface area contributed by atoms with Crippen LogP contribution in [0, 0.1) is 13.8 Å². The molecular weight excluding hydrogens is 476 g/mol. The lowest BCUT2D eigenvalue weighted by atomic mass is 10.0. The van der Waals surface area contributed by atoms with Crippen molar-refractivity contribution in [1.82, 2.24) is 14.5 Å². The average molecular weight is 513 g/mol. The van der Waals surface area contributed by atoms with E-state index in [1.807, 2.05) is 32.0 Å². The topological polar surface area (TPSA) is 91.0 Å². The highest BCUT2D eigenvalue weighted by atomic mass is 32.2. The van der Waals surface area contributed by atoms with Crippen LogP contribution in [0.4, 0.5) is 5.69 Å². The third kappa shape index (κ3) is 6.52. The van der Waals surface area contributed by atoms with Crippen molar-refractivity contribution in [3.63, 3.8) is 0 Å². The molecule has 9 heteroatoms. The average Bonchev–Trinajstić information content (AvgIpc) is 3.69. The number of nitrogens with one attached hydrogen (secondary N) is 2. The highest BCUT2D eigenvalue weighted by Crippen LogP contribution is 2.30. The first kappa shape index (κ1) is 26.3. The van der Waals surface area contributed by atoms with Crippen molar-refractivity contribution >= 4 is 28.5 Å². The Kier molecular flexibility index (Phi) is 8.43. The van der Waals surface area contributed by atoms with Crippen LogP contribution in [0.3, 0.4) is 0 Å². The van der Waals surface area contributed by atoms with E-state index < -0.39 is 11.0 Å². The number of fused-ring (bicyclic) bond motifs is 1. The van der Waals surface area contributed by atoms with Crippen LogP contribution in [0.2, 0.25) is 0 Å². The Morgan fingerprint density at radius 3 is 2.36 bits per heavy atom. The smallest absolute Gasteiger partial charge is 0.243 e. The lowest BCUT2D eigenvalue weighted by Crippen LogP contribution is -2.39. The predicted octanol–water partition coefficient (Wildman–Crippen LogP) is 2.58. The number of likely N-dealkylation sites (N-methyl/N-ethyl adjacent to an activating group) is 1. The molecule has 1 fully saturated rings. The van der Waals surface area contributed by atoms with Crippen LogP contribution in [0.25, 0.3) is 0 Å². The Bertz CT molecular complexity index is 1140. The molecule has 0 saturated heterocycles. The van der Waals surface area contributed by atoms with Crippen LogP contribution in [0.1, 0.15) is 35.1 Å². The lowest BCUT2D eigenvalue weighted by molar-refractivity contribution is -0.124. The largest absolute Gasteiger partial charge is 0.497 e. The Balaban J connectivity index is 1.26. The van der Waals surface area contributed by atoms with Gasteiger partial charge in [0.15, 0.2) is 0 Å². The molecule has 1 saturated carbocycles. The number of carbonyl (C=O) groups is 2. The van der Waals surface area contributed by atoms with Crippen LogP contribution >= 0.6 is 0 Å². The first-order chi connectivity index (χ1) is 17.2. The second kappa shape index (κ2) is 11.5. The first-order valence-electron chi connectivity index (χ1n) is 12.5. The number of anilines is 1. The summed E-state index contributed by atoms with van der Waals surface area (Å²) in [5.74, 6) is 0.0425. The van der Waals surface area contributed by atoms with Crippen LogP contribution < -0.4 is 15.4 Å². The van der Waals surface area contributed by atoms with Gasteiger partial charge in [0.2, 0.25) is 11.8 Å². The molecule has 1 heterocycles. The zero-order valence-electron chi connectivity index (χ0n) is 21.6. The van der Waals surface area contributed by atoms with Crippen molar-refractivity contribution in [2.75, 3.05) is 45.7 Å². The SMILES string of the molecule is COc1cc(C)c(S(=O)N(C)CC(=O)NCC(=O)Nc2ccc3c(c2)CCN(C2CC2)CC3)c(C)c1.